The standard InChI is InChI=1S/C25H27FN2O/c26-22-8-3-1-6-19(22)11-15-27-16-12-20(13-17-27)25-23-9-5-14-28(23)18-21-7-2-4-10-24(21)29-25/h1-10,14,20,25H,11-13,15-18H2. The van der Waals surface area contributed by atoms with Crippen LogP contribution in [0.1, 0.15) is 35.8 Å². The average molecular weight is 391 g/mol. The van der Waals surface area contributed by atoms with Gasteiger partial charge >= 0.3 is 0 Å². The third kappa shape index (κ3) is 3.82. The van der Waals surface area contributed by atoms with E-state index in [1.165, 1.54) is 11.3 Å². The van der Waals surface area contributed by atoms with E-state index in [1.54, 1.807) is 12.1 Å². The van der Waals surface area contributed by atoms with Crippen molar-refractivity contribution in [2.75, 3.05) is 19.6 Å². The summed E-state index contributed by atoms with van der Waals surface area (Å²) < 4.78 is 22.8. The molecule has 3 nitrogen and oxygen atoms in total. The molecule has 29 heavy (non-hydrogen) atoms. The van der Waals surface area contributed by atoms with Crippen molar-refractivity contribution in [2.45, 2.75) is 31.9 Å². The van der Waals surface area contributed by atoms with Crippen molar-refractivity contribution in [1.29, 1.82) is 0 Å². The van der Waals surface area contributed by atoms with Gasteiger partial charge in [0.1, 0.15) is 17.7 Å². The first-order valence-electron chi connectivity index (χ1n) is 10.6. The third-order valence-corrected chi connectivity index (χ3v) is 6.44. The zero-order chi connectivity index (χ0) is 19.6. The minimum absolute atomic E-state index is 0.0892. The van der Waals surface area contributed by atoms with Crippen LogP contribution in [-0.4, -0.2) is 29.1 Å². The van der Waals surface area contributed by atoms with Gasteiger partial charge in [0.25, 0.3) is 0 Å². The molecule has 150 valence electrons. The second-order valence-electron chi connectivity index (χ2n) is 8.23. The quantitative estimate of drug-likeness (QED) is 0.619. The highest BCUT2D eigenvalue weighted by Crippen LogP contribution is 2.38. The van der Waals surface area contributed by atoms with Crippen molar-refractivity contribution >= 4 is 0 Å². The van der Waals surface area contributed by atoms with Crippen molar-refractivity contribution in [1.82, 2.24) is 9.47 Å². The Balaban J connectivity index is 1.25. The summed E-state index contributed by atoms with van der Waals surface area (Å²) in [6.45, 7) is 3.87. The number of benzene rings is 2. The molecule has 5 rings (SSSR count). The van der Waals surface area contributed by atoms with Gasteiger partial charge < -0.3 is 14.2 Å². The van der Waals surface area contributed by atoms with E-state index in [1.807, 2.05) is 12.1 Å². The van der Waals surface area contributed by atoms with Gasteiger partial charge in [0, 0.05) is 24.2 Å². The highest BCUT2D eigenvalue weighted by atomic mass is 19.1. The number of hydrogen-bond acceptors (Lipinski definition) is 2. The molecule has 0 spiro atoms. The second-order valence-corrected chi connectivity index (χ2v) is 8.23. The van der Waals surface area contributed by atoms with E-state index in [0.29, 0.717) is 5.92 Å². The second kappa shape index (κ2) is 8.03. The lowest BCUT2D eigenvalue weighted by molar-refractivity contribution is 0.0744. The summed E-state index contributed by atoms with van der Waals surface area (Å²) in [6, 6.07) is 19.9. The van der Waals surface area contributed by atoms with Gasteiger partial charge in [-0.15, -0.1) is 0 Å². The monoisotopic (exact) mass is 390 g/mol. The summed E-state index contributed by atoms with van der Waals surface area (Å²) in [5.74, 6) is 1.43. The van der Waals surface area contributed by atoms with Crippen LogP contribution in [0.2, 0.25) is 0 Å². The minimum atomic E-state index is -0.0892. The summed E-state index contributed by atoms with van der Waals surface area (Å²) in [4.78, 5) is 2.46. The van der Waals surface area contributed by atoms with Crippen LogP contribution in [0, 0.1) is 11.7 Å². The predicted octanol–water partition coefficient (Wildman–Crippen LogP) is 5.06. The summed E-state index contributed by atoms with van der Waals surface area (Å²) in [7, 11) is 0. The number of halogens is 1. The fourth-order valence-electron chi connectivity index (χ4n) is 4.76. The minimum Gasteiger partial charge on any atom is -0.484 e. The topological polar surface area (TPSA) is 17.4 Å². The summed E-state index contributed by atoms with van der Waals surface area (Å²) >= 11 is 0. The number of para-hydroxylation sites is 1. The van der Waals surface area contributed by atoms with Crippen molar-refractivity contribution in [2.24, 2.45) is 5.92 Å². The molecular formula is C25H27FN2O. The molecule has 1 aromatic heterocycles. The molecular weight excluding hydrogens is 363 g/mol. The zero-order valence-corrected chi connectivity index (χ0v) is 16.6. The number of rotatable bonds is 4. The molecule has 3 heterocycles. The summed E-state index contributed by atoms with van der Waals surface area (Å²) in [5, 5.41) is 0. The maximum Gasteiger partial charge on any atom is 0.141 e. The number of likely N-dealkylation sites (tertiary alicyclic amines) is 1. The highest BCUT2D eigenvalue weighted by molar-refractivity contribution is 5.36. The predicted molar refractivity (Wildman–Crippen MR) is 113 cm³/mol. The lowest BCUT2D eigenvalue weighted by atomic mass is 9.89. The number of hydrogen-bond donors (Lipinski definition) is 0. The Morgan fingerprint density at radius 1 is 0.931 bits per heavy atom. The average Bonchev–Trinajstić information content (AvgIpc) is 3.15. The molecule has 0 N–H and O–H groups in total. The molecule has 0 amide bonds. The molecule has 1 unspecified atom stereocenters. The van der Waals surface area contributed by atoms with Gasteiger partial charge in [-0.05, 0) is 62.2 Å². The SMILES string of the molecule is Fc1ccccc1CCN1CCC(C2Oc3ccccc3Cn3cccc32)CC1. The molecule has 1 saturated heterocycles. The molecule has 0 aliphatic carbocycles. The number of aromatic nitrogens is 1. The number of nitrogens with zero attached hydrogens (tertiary/aromatic N) is 2. The molecule has 4 heteroatoms. The van der Waals surface area contributed by atoms with E-state index < -0.39 is 0 Å². The van der Waals surface area contributed by atoms with Crippen LogP contribution < -0.4 is 4.74 Å². The number of fused-ring (bicyclic) bond motifs is 2. The Kier molecular flexibility index (Phi) is 5.11. The largest absolute Gasteiger partial charge is 0.484 e. The van der Waals surface area contributed by atoms with E-state index >= 15 is 0 Å². The van der Waals surface area contributed by atoms with E-state index in [4.69, 9.17) is 4.74 Å². The zero-order valence-electron chi connectivity index (χ0n) is 16.6. The molecule has 1 fully saturated rings. The normalized spacial score (nSPS) is 19.8. The van der Waals surface area contributed by atoms with Gasteiger partial charge in [0.15, 0.2) is 0 Å². The van der Waals surface area contributed by atoms with Crippen molar-refractivity contribution in [3.05, 3.63) is 89.5 Å². The number of ether oxygens (including phenoxy) is 1. The van der Waals surface area contributed by atoms with Crippen LogP contribution in [0.5, 0.6) is 5.75 Å². The Morgan fingerprint density at radius 3 is 2.59 bits per heavy atom. The number of piperidine rings is 1. The first kappa shape index (κ1) is 18.4. The van der Waals surface area contributed by atoms with Gasteiger partial charge in [-0.3, -0.25) is 0 Å². The van der Waals surface area contributed by atoms with Gasteiger partial charge in [-0.1, -0.05) is 36.4 Å². The molecule has 0 bridgehead atoms. The first-order chi connectivity index (χ1) is 14.3. The Hall–Kier alpha value is -2.59. The van der Waals surface area contributed by atoms with Crippen molar-refractivity contribution < 1.29 is 9.13 Å². The smallest absolute Gasteiger partial charge is 0.141 e. The fraction of sp³-hybridized carbons (Fsp3) is 0.360. The van der Waals surface area contributed by atoms with Crippen LogP contribution in [0.25, 0.3) is 0 Å². The molecule has 0 saturated carbocycles. The van der Waals surface area contributed by atoms with E-state index in [2.05, 4.69) is 52.1 Å². The van der Waals surface area contributed by atoms with E-state index in [0.717, 1.165) is 56.8 Å². The molecule has 1 atom stereocenters. The first-order valence-corrected chi connectivity index (χ1v) is 10.6. The highest BCUT2D eigenvalue weighted by Gasteiger charge is 2.33. The Morgan fingerprint density at radius 2 is 1.72 bits per heavy atom. The van der Waals surface area contributed by atoms with Crippen LogP contribution in [-0.2, 0) is 13.0 Å². The third-order valence-electron chi connectivity index (χ3n) is 6.44. The van der Waals surface area contributed by atoms with Crippen LogP contribution in [0.15, 0.2) is 66.9 Å². The van der Waals surface area contributed by atoms with Crippen molar-refractivity contribution in [3.8, 4) is 5.75 Å². The summed E-state index contributed by atoms with van der Waals surface area (Å²) in [5.41, 5.74) is 3.34. The van der Waals surface area contributed by atoms with Crippen LogP contribution in [0.4, 0.5) is 4.39 Å². The van der Waals surface area contributed by atoms with E-state index in [9.17, 15) is 4.39 Å². The lowest BCUT2D eigenvalue weighted by Crippen LogP contribution is -2.38. The molecule has 3 aromatic rings. The van der Waals surface area contributed by atoms with Crippen LogP contribution in [0.3, 0.4) is 0 Å². The Labute approximate surface area is 171 Å². The van der Waals surface area contributed by atoms with Gasteiger partial charge in [0.05, 0.1) is 12.2 Å². The van der Waals surface area contributed by atoms with Crippen molar-refractivity contribution in [3.63, 3.8) is 0 Å². The van der Waals surface area contributed by atoms with Gasteiger partial charge in [-0.25, -0.2) is 4.39 Å². The van der Waals surface area contributed by atoms with Crippen LogP contribution >= 0.6 is 0 Å². The van der Waals surface area contributed by atoms with Gasteiger partial charge in [0.2, 0.25) is 0 Å². The molecule has 2 aliphatic heterocycles. The molecule has 0 radical (unpaired) electrons. The maximum atomic E-state index is 13.9. The van der Waals surface area contributed by atoms with E-state index in [-0.39, 0.29) is 11.9 Å². The van der Waals surface area contributed by atoms with Gasteiger partial charge in [-0.2, -0.15) is 0 Å². The molecule has 2 aliphatic rings. The summed E-state index contributed by atoms with van der Waals surface area (Å²) in [6.07, 6.45) is 5.25. The molecule has 2 aromatic carbocycles. The lowest BCUT2D eigenvalue weighted by Gasteiger charge is -2.36. The Bertz CT molecular complexity index is 974. The maximum absolute atomic E-state index is 13.9. The fourth-order valence-corrected chi connectivity index (χ4v) is 4.76.